The van der Waals surface area contributed by atoms with Gasteiger partial charge in [0.05, 0.1) is 0 Å². The van der Waals surface area contributed by atoms with Crippen LogP contribution in [0.15, 0.2) is 106 Å². The molecule has 2 atom stereocenters. The standard InChI is InChI=1S/2C25H25O.C4H7.2ClH.Zr/c2*1-16-6-8-19-14-20(23-13-7-17(2)26-23)15-22(19)24(16)18-9-11-21(12-10-18)25(3,4)5;1-2-4-3-1;;;/h2*6-15H,1-5H3;1H,2-4H2;2*1H;/q;;;;;+2/p-2. The molecule has 0 amide bonds. The molecule has 0 spiro atoms. The number of aryl methyl sites for hydroxylation is 4. The average Bonchev–Trinajstić information content (AvgIpc) is 3.94. The minimum atomic E-state index is -2.72. The molecule has 6 aromatic rings. The molecule has 4 aromatic carbocycles. The predicted octanol–water partition coefficient (Wildman–Crippen LogP) is 9.52. The van der Waals surface area contributed by atoms with Crippen molar-refractivity contribution in [1.82, 2.24) is 0 Å². The van der Waals surface area contributed by atoms with E-state index in [1.54, 1.807) is 0 Å². The summed E-state index contributed by atoms with van der Waals surface area (Å²) < 4.78 is 14.7. The second-order valence-electron chi connectivity index (χ2n) is 19.2. The van der Waals surface area contributed by atoms with E-state index >= 15 is 0 Å². The first-order valence-corrected chi connectivity index (χ1v) is 25.4. The molecule has 0 radical (unpaired) electrons. The first kappa shape index (κ1) is 43.5. The maximum atomic E-state index is 6.64. The van der Waals surface area contributed by atoms with Crippen molar-refractivity contribution in [2.24, 2.45) is 0 Å². The third-order valence-electron chi connectivity index (χ3n) is 13.2. The van der Waals surface area contributed by atoms with Crippen molar-refractivity contribution < 1.29 is 55.4 Å². The molecule has 2 heterocycles. The molecule has 2 nitrogen and oxygen atoms in total. The van der Waals surface area contributed by atoms with Crippen molar-refractivity contribution in [2.75, 3.05) is 0 Å². The number of fused-ring (bicyclic) bond motifs is 2. The fourth-order valence-corrected chi connectivity index (χ4v) is 21.5. The van der Waals surface area contributed by atoms with E-state index in [-0.39, 0.29) is 35.6 Å². The van der Waals surface area contributed by atoms with Gasteiger partial charge >= 0.3 is 351 Å². The number of furan rings is 2. The molecule has 9 rings (SSSR count). The summed E-state index contributed by atoms with van der Waals surface area (Å²) in [7, 11) is 0. The first-order chi connectivity index (χ1) is 27.2. The van der Waals surface area contributed by atoms with Crippen LogP contribution in [0.4, 0.5) is 0 Å². The molecule has 0 bridgehead atoms. The van der Waals surface area contributed by atoms with E-state index in [2.05, 4.69) is 178 Å². The maximum absolute atomic E-state index is 6.64. The van der Waals surface area contributed by atoms with E-state index in [1.807, 2.05) is 0 Å². The topological polar surface area (TPSA) is 26.3 Å². The Labute approximate surface area is 373 Å². The Hall–Kier alpha value is -3.62. The van der Waals surface area contributed by atoms with Gasteiger partial charge in [-0.05, 0) is 0 Å². The summed E-state index contributed by atoms with van der Waals surface area (Å²) in [5, 5.41) is 0. The summed E-state index contributed by atoms with van der Waals surface area (Å²) in [5.74, 6) is 4.02. The minimum absolute atomic E-state index is 0. The van der Waals surface area contributed by atoms with Gasteiger partial charge in [-0.15, -0.1) is 0 Å². The van der Waals surface area contributed by atoms with Crippen LogP contribution in [0, 0.1) is 27.7 Å². The van der Waals surface area contributed by atoms with Crippen molar-refractivity contribution >= 4 is 23.3 Å². The molecule has 1 saturated carbocycles. The van der Waals surface area contributed by atoms with Crippen LogP contribution in [0.1, 0.15) is 136 Å². The van der Waals surface area contributed by atoms with Gasteiger partial charge in [-0.1, -0.05) is 0 Å². The van der Waals surface area contributed by atoms with Gasteiger partial charge in [-0.3, -0.25) is 0 Å². The van der Waals surface area contributed by atoms with E-state index in [1.165, 1.54) is 97.2 Å². The number of benzene rings is 4. The molecule has 0 aliphatic heterocycles. The normalized spacial score (nSPS) is 17.3. The van der Waals surface area contributed by atoms with Gasteiger partial charge in [0, 0.05) is 0 Å². The van der Waals surface area contributed by atoms with Gasteiger partial charge in [-0.25, -0.2) is 0 Å². The summed E-state index contributed by atoms with van der Waals surface area (Å²) in [6, 6.07) is 37.4. The molecule has 303 valence electrons. The van der Waals surface area contributed by atoms with Crippen LogP contribution in [0.25, 0.3) is 45.6 Å². The Bertz CT molecular complexity index is 2390. The Balaban J connectivity index is 0.00000264. The quantitative estimate of drug-likeness (QED) is 0.160. The largest absolute Gasteiger partial charge is 1.00 e. The molecule has 5 heteroatoms. The van der Waals surface area contributed by atoms with Crippen LogP contribution in [0.5, 0.6) is 0 Å². The van der Waals surface area contributed by atoms with Crippen molar-refractivity contribution in [3.8, 4) is 22.3 Å². The Kier molecular flexibility index (Phi) is 12.0. The van der Waals surface area contributed by atoms with Crippen molar-refractivity contribution in [3.05, 3.63) is 165 Å². The van der Waals surface area contributed by atoms with Crippen LogP contribution in [-0.2, 0) is 32.6 Å². The fraction of sp³-hybridized carbons (Fsp3) is 0.333. The van der Waals surface area contributed by atoms with Crippen LogP contribution in [-0.4, -0.2) is 0 Å². The Morgan fingerprint density at radius 2 is 0.881 bits per heavy atom. The Morgan fingerprint density at radius 3 is 1.19 bits per heavy atom. The first-order valence-electron chi connectivity index (χ1n) is 21.1. The molecule has 59 heavy (non-hydrogen) atoms. The number of rotatable bonds is 7. The minimum Gasteiger partial charge on any atom is -1.00 e. The van der Waals surface area contributed by atoms with Crippen LogP contribution in [0.3, 0.4) is 0 Å². The van der Waals surface area contributed by atoms with Gasteiger partial charge < -0.3 is 24.8 Å². The maximum Gasteiger partial charge on any atom is -1.00 e. The summed E-state index contributed by atoms with van der Waals surface area (Å²) in [6.07, 6.45) is 9.06. The molecule has 2 unspecified atom stereocenters. The van der Waals surface area contributed by atoms with Crippen LogP contribution < -0.4 is 24.8 Å². The summed E-state index contributed by atoms with van der Waals surface area (Å²) >= 11 is -2.72. The zero-order chi connectivity index (χ0) is 40.0. The van der Waals surface area contributed by atoms with Crippen molar-refractivity contribution in [2.45, 2.75) is 110 Å². The zero-order valence-corrected chi connectivity index (χ0v) is 40.3. The molecule has 3 aliphatic carbocycles. The summed E-state index contributed by atoms with van der Waals surface area (Å²) in [6.45, 7) is 22.6. The van der Waals surface area contributed by atoms with Gasteiger partial charge in [-0.2, -0.15) is 0 Å². The van der Waals surface area contributed by atoms with E-state index in [9.17, 15) is 0 Å². The zero-order valence-electron chi connectivity index (χ0n) is 36.3. The molecule has 2 aromatic heterocycles. The molecular formula is C54H57Cl2O2Zr. The number of allylic oxidation sites excluding steroid dienone is 2. The van der Waals surface area contributed by atoms with E-state index in [4.69, 9.17) is 8.83 Å². The Morgan fingerprint density at radius 1 is 0.492 bits per heavy atom. The van der Waals surface area contributed by atoms with Gasteiger partial charge in [0.25, 0.3) is 0 Å². The molecular weight excluding hydrogens is 843 g/mol. The monoisotopic (exact) mass is 897 g/mol. The van der Waals surface area contributed by atoms with Crippen molar-refractivity contribution in [1.29, 1.82) is 0 Å². The van der Waals surface area contributed by atoms with E-state index < -0.39 is 21.8 Å². The summed E-state index contributed by atoms with van der Waals surface area (Å²) in [4.78, 5) is 0. The van der Waals surface area contributed by atoms with E-state index in [0.717, 1.165) is 26.7 Å². The van der Waals surface area contributed by atoms with Crippen LogP contribution in [0.2, 0.25) is 3.63 Å². The third-order valence-corrected chi connectivity index (χ3v) is 23.3. The molecule has 0 N–H and O–H groups in total. The number of hydrogen-bond acceptors (Lipinski definition) is 2. The smallest absolute Gasteiger partial charge is 1.00 e. The molecule has 0 saturated heterocycles. The number of halogens is 2. The second kappa shape index (κ2) is 16.3. The van der Waals surface area contributed by atoms with Crippen LogP contribution >= 0.6 is 0 Å². The third kappa shape index (κ3) is 7.79. The SMILES string of the molecule is Cc1ccc(C2=Cc3c(ccc(C)c3-c3ccc(C(C)(C)C)cc3)[CH]2[Zr+2]([CH]2CCC2)[CH]2C(c3ccc(C)o3)=Cc3c2ccc(C)c3-c2ccc(C(C)(C)C)cc2)o1.[Cl-].[Cl-]. The predicted molar refractivity (Wildman–Crippen MR) is 236 cm³/mol. The molecule has 1 fully saturated rings. The average molecular weight is 900 g/mol. The number of hydrogen-bond donors (Lipinski definition) is 0. The molecule has 3 aliphatic rings. The van der Waals surface area contributed by atoms with Gasteiger partial charge in [0.1, 0.15) is 0 Å². The van der Waals surface area contributed by atoms with Gasteiger partial charge in [0.15, 0.2) is 0 Å². The fourth-order valence-electron chi connectivity index (χ4n) is 9.86. The summed E-state index contributed by atoms with van der Waals surface area (Å²) in [5.41, 5.74) is 19.5. The van der Waals surface area contributed by atoms with Gasteiger partial charge in [0.2, 0.25) is 0 Å². The van der Waals surface area contributed by atoms with E-state index in [0.29, 0.717) is 7.25 Å². The van der Waals surface area contributed by atoms with Crippen molar-refractivity contribution in [3.63, 3.8) is 0 Å². The second-order valence-corrected chi connectivity index (χ2v) is 26.5.